The molecule has 0 aliphatic heterocycles. The fraction of sp³-hybridized carbons (Fsp3) is 0.300. The number of benzene rings is 1. The van der Waals surface area contributed by atoms with Crippen LogP contribution in [-0.2, 0) is 10.0 Å². The molecule has 1 aromatic carbocycles. The Hall–Kier alpha value is -1.83. The molecule has 0 spiro atoms. The van der Waals surface area contributed by atoms with E-state index in [0.29, 0.717) is 12.8 Å². The summed E-state index contributed by atoms with van der Waals surface area (Å²) in [5.74, 6) is -0.964. The molecule has 1 fully saturated rings. The van der Waals surface area contributed by atoms with Gasteiger partial charge < -0.3 is 10.9 Å². The number of nitrogens with one attached hydrogen (secondary N) is 1. The van der Waals surface area contributed by atoms with Crippen molar-refractivity contribution in [1.29, 1.82) is 0 Å². The smallest absolute Gasteiger partial charge is 0.235 e. The molecule has 2 rings (SSSR count). The van der Waals surface area contributed by atoms with Crippen LogP contribution >= 0.6 is 0 Å². The summed E-state index contributed by atoms with van der Waals surface area (Å²) in [5.41, 5.74) is 5.47. The van der Waals surface area contributed by atoms with E-state index < -0.39 is 21.1 Å². The average molecular weight is 273 g/mol. The van der Waals surface area contributed by atoms with E-state index in [1.807, 2.05) is 0 Å². The van der Waals surface area contributed by atoms with E-state index in [-0.39, 0.29) is 17.1 Å². The van der Waals surface area contributed by atoms with Crippen LogP contribution in [-0.4, -0.2) is 24.7 Å². The lowest BCUT2D eigenvalue weighted by Gasteiger charge is -2.11. The molecule has 0 radical (unpaired) electrons. The van der Waals surface area contributed by atoms with Gasteiger partial charge in [-0.1, -0.05) is 5.16 Å². The highest BCUT2D eigenvalue weighted by atomic mass is 32.2. The van der Waals surface area contributed by atoms with E-state index in [9.17, 15) is 12.8 Å². The normalized spacial score (nSPS) is 16.6. The Balaban J connectivity index is 2.38. The van der Waals surface area contributed by atoms with Crippen molar-refractivity contribution in [1.82, 2.24) is 0 Å². The molecule has 0 atom stereocenters. The molecule has 98 valence electrons. The van der Waals surface area contributed by atoms with Gasteiger partial charge >= 0.3 is 0 Å². The lowest BCUT2D eigenvalue weighted by Crippen LogP contribution is -2.22. The van der Waals surface area contributed by atoms with Crippen LogP contribution in [0.25, 0.3) is 0 Å². The summed E-state index contributed by atoms with van der Waals surface area (Å²) in [5, 5.41) is 10.9. The van der Waals surface area contributed by atoms with Crippen molar-refractivity contribution >= 4 is 21.5 Å². The molecule has 1 aliphatic carbocycles. The van der Waals surface area contributed by atoms with Gasteiger partial charge in [-0.05, 0) is 31.0 Å². The summed E-state index contributed by atoms with van der Waals surface area (Å²) in [4.78, 5) is 0. The molecule has 0 amide bonds. The summed E-state index contributed by atoms with van der Waals surface area (Å²) in [7, 11) is -3.48. The van der Waals surface area contributed by atoms with E-state index in [0.717, 1.165) is 12.1 Å². The zero-order valence-electron chi connectivity index (χ0n) is 9.30. The van der Waals surface area contributed by atoms with Gasteiger partial charge in [0.1, 0.15) is 5.82 Å². The number of halogens is 1. The Morgan fingerprint density at radius 2 is 2.17 bits per heavy atom. The molecule has 1 aliphatic rings. The summed E-state index contributed by atoms with van der Waals surface area (Å²) in [6.45, 7) is 0. The van der Waals surface area contributed by atoms with Crippen molar-refractivity contribution < 1.29 is 18.0 Å². The lowest BCUT2D eigenvalue weighted by atomic mass is 10.1. The molecule has 4 N–H and O–H groups in total. The molecular formula is C10H12FN3O3S. The Labute approximate surface area is 103 Å². The maximum absolute atomic E-state index is 13.1. The Morgan fingerprint density at radius 3 is 2.72 bits per heavy atom. The largest absolute Gasteiger partial charge is 0.409 e. The molecule has 1 saturated carbocycles. The first-order valence-electron chi connectivity index (χ1n) is 5.23. The van der Waals surface area contributed by atoms with Crippen LogP contribution in [0.4, 0.5) is 10.1 Å². The minimum atomic E-state index is -3.48. The van der Waals surface area contributed by atoms with Gasteiger partial charge in [-0.25, -0.2) is 12.8 Å². The summed E-state index contributed by atoms with van der Waals surface area (Å²) in [6.07, 6.45) is 1.21. The molecule has 0 bridgehead atoms. The Bertz CT molecular complexity index is 596. The zero-order valence-corrected chi connectivity index (χ0v) is 10.1. The highest BCUT2D eigenvalue weighted by Gasteiger charge is 2.36. The van der Waals surface area contributed by atoms with Crippen molar-refractivity contribution in [3.63, 3.8) is 0 Å². The van der Waals surface area contributed by atoms with Gasteiger partial charge in [-0.3, -0.25) is 4.72 Å². The summed E-state index contributed by atoms with van der Waals surface area (Å²) < 4.78 is 38.9. The topological polar surface area (TPSA) is 105 Å². The van der Waals surface area contributed by atoms with Crippen molar-refractivity contribution in [2.45, 2.75) is 18.1 Å². The Morgan fingerprint density at radius 1 is 1.50 bits per heavy atom. The molecule has 0 aromatic heterocycles. The van der Waals surface area contributed by atoms with E-state index in [4.69, 9.17) is 10.9 Å². The lowest BCUT2D eigenvalue weighted by molar-refractivity contribution is 0.318. The third kappa shape index (κ3) is 2.53. The molecule has 18 heavy (non-hydrogen) atoms. The van der Waals surface area contributed by atoms with Crippen LogP contribution in [0.2, 0.25) is 0 Å². The minimum Gasteiger partial charge on any atom is -0.409 e. The van der Waals surface area contributed by atoms with Crippen LogP contribution in [0.5, 0.6) is 0 Å². The number of oxime groups is 1. The third-order valence-corrected chi connectivity index (χ3v) is 4.43. The standard InChI is InChI=1S/C10H12FN3O3S/c11-6-1-4-9(8(5-6)10(12)13-15)14-18(16,17)7-2-3-7/h1,4-5,7,14-15H,2-3H2,(H2,12,13). The van der Waals surface area contributed by atoms with Gasteiger partial charge in [-0.15, -0.1) is 0 Å². The number of rotatable bonds is 4. The summed E-state index contributed by atoms with van der Waals surface area (Å²) in [6, 6.07) is 3.33. The van der Waals surface area contributed by atoms with Crippen LogP contribution in [0, 0.1) is 5.82 Å². The maximum Gasteiger partial charge on any atom is 0.235 e. The number of hydrogen-bond acceptors (Lipinski definition) is 4. The molecule has 6 nitrogen and oxygen atoms in total. The monoisotopic (exact) mass is 273 g/mol. The number of hydrogen-bond donors (Lipinski definition) is 3. The molecule has 1 aromatic rings. The van der Waals surface area contributed by atoms with Crippen molar-refractivity contribution in [3.8, 4) is 0 Å². The summed E-state index contributed by atoms with van der Waals surface area (Å²) >= 11 is 0. The molecule has 0 saturated heterocycles. The SMILES string of the molecule is N/C(=N/O)c1cc(F)ccc1NS(=O)(=O)C1CC1. The number of anilines is 1. The second kappa shape index (κ2) is 4.45. The first-order valence-corrected chi connectivity index (χ1v) is 6.78. The third-order valence-electron chi connectivity index (χ3n) is 2.58. The number of nitrogens with two attached hydrogens (primary N) is 1. The second-order valence-corrected chi connectivity index (χ2v) is 5.98. The van der Waals surface area contributed by atoms with Gasteiger partial charge in [0.05, 0.1) is 10.9 Å². The van der Waals surface area contributed by atoms with Gasteiger partial charge in [0.15, 0.2) is 5.84 Å². The molecule has 0 heterocycles. The first-order chi connectivity index (χ1) is 8.44. The van der Waals surface area contributed by atoms with Crippen LogP contribution in [0.3, 0.4) is 0 Å². The predicted molar refractivity (Wildman–Crippen MR) is 64.5 cm³/mol. The van der Waals surface area contributed by atoms with Gasteiger partial charge in [0.25, 0.3) is 0 Å². The molecular weight excluding hydrogens is 261 g/mol. The molecule has 8 heteroatoms. The van der Waals surface area contributed by atoms with Crippen LogP contribution in [0.15, 0.2) is 23.4 Å². The predicted octanol–water partition coefficient (Wildman–Crippen LogP) is 0.824. The van der Waals surface area contributed by atoms with E-state index >= 15 is 0 Å². The van der Waals surface area contributed by atoms with Crippen molar-refractivity contribution in [2.24, 2.45) is 10.9 Å². The first kappa shape index (κ1) is 12.6. The molecule has 0 unspecified atom stereocenters. The van der Waals surface area contributed by atoms with Gasteiger partial charge in [0.2, 0.25) is 10.0 Å². The van der Waals surface area contributed by atoms with Crippen molar-refractivity contribution in [3.05, 3.63) is 29.6 Å². The quantitative estimate of drug-likeness (QED) is 0.327. The zero-order chi connectivity index (χ0) is 13.3. The van der Waals surface area contributed by atoms with Crippen LogP contribution < -0.4 is 10.5 Å². The maximum atomic E-state index is 13.1. The minimum absolute atomic E-state index is 0.00160. The highest BCUT2D eigenvalue weighted by Crippen LogP contribution is 2.30. The average Bonchev–Trinajstić information content (AvgIpc) is 3.14. The Kier molecular flexibility index (Phi) is 3.12. The highest BCUT2D eigenvalue weighted by molar-refractivity contribution is 7.93. The van der Waals surface area contributed by atoms with Crippen molar-refractivity contribution in [2.75, 3.05) is 4.72 Å². The number of nitrogens with zero attached hydrogens (tertiary/aromatic N) is 1. The fourth-order valence-electron chi connectivity index (χ4n) is 1.49. The van der Waals surface area contributed by atoms with E-state index in [2.05, 4.69) is 9.88 Å². The number of sulfonamides is 1. The van der Waals surface area contributed by atoms with E-state index in [1.54, 1.807) is 0 Å². The fourth-order valence-corrected chi connectivity index (χ4v) is 2.89. The van der Waals surface area contributed by atoms with Gasteiger partial charge in [0, 0.05) is 5.56 Å². The van der Waals surface area contributed by atoms with Crippen LogP contribution in [0.1, 0.15) is 18.4 Å². The van der Waals surface area contributed by atoms with Gasteiger partial charge in [-0.2, -0.15) is 0 Å². The second-order valence-electron chi connectivity index (χ2n) is 4.02. The van der Waals surface area contributed by atoms with E-state index in [1.165, 1.54) is 6.07 Å². The number of amidine groups is 1.